The first-order valence-electron chi connectivity index (χ1n) is 6.69. The van der Waals surface area contributed by atoms with Crippen molar-refractivity contribution in [2.45, 2.75) is 26.3 Å². The van der Waals surface area contributed by atoms with Crippen LogP contribution in [0, 0.1) is 6.92 Å². The van der Waals surface area contributed by atoms with Crippen molar-refractivity contribution in [2.75, 3.05) is 11.9 Å². The van der Waals surface area contributed by atoms with Gasteiger partial charge in [-0.2, -0.15) is 19.6 Å². The number of likely N-dealkylation sites (N-methyl/N-ethyl adjacent to an activating group) is 1. The Hall–Kier alpha value is -1.66. The Morgan fingerprint density at radius 1 is 1.48 bits per heavy atom. The van der Waals surface area contributed by atoms with Gasteiger partial charge in [-0.25, -0.2) is 0 Å². The van der Waals surface area contributed by atoms with E-state index < -0.39 is 0 Å². The maximum atomic E-state index is 6.22. The van der Waals surface area contributed by atoms with Gasteiger partial charge in [0.2, 0.25) is 0 Å². The summed E-state index contributed by atoms with van der Waals surface area (Å²) in [5, 5.41) is 6.84. The quantitative estimate of drug-likeness (QED) is 0.692. The predicted octanol–water partition coefficient (Wildman–Crippen LogP) is 3.22. The Labute approximate surface area is 132 Å². The molecule has 0 aliphatic carbocycles. The number of fused-ring (bicyclic) bond motifs is 1. The van der Waals surface area contributed by atoms with Crippen LogP contribution in [0.25, 0.3) is 5.78 Å². The van der Waals surface area contributed by atoms with Gasteiger partial charge in [0.15, 0.2) is 0 Å². The molecule has 0 bridgehead atoms. The van der Waals surface area contributed by atoms with Crippen LogP contribution in [0.15, 0.2) is 23.8 Å². The molecule has 3 rings (SSSR count). The lowest BCUT2D eigenvalue weighted by molar-refractivity contribution is 0.665. The lowest BCUT2D eigenvalue weighted by atomic mass is 10.1. The molecule has 0 aliphatic heterocycles. The van der Waals surface area contributed by atoms with Gasteiger partial charge in [-0.3, -0.25) is 0 Å². The second kappa shape index (κ2) is 5.61. The normalized spacial score (nSPS) is 12.8. The SMILES string of the molecule is Cc1c(Cl)nc2ncnn2c1N(C)C(C)Cc1cccs1. The summed E-state index contributed by atoms with van der Waals surface area (Å²) < 4.78 is 1.74. The Balaban J connectivity index is 1.98. The number of rotatable bonds is 4. The molecule has 0 saturated carbocycles. The molecule has 1 unspecified atom stereocenters. The lowest BCUT2D eigenvalue weighted by Crippen LogP contribution is -2.33. The van der Waals surface area contributed by atoms with E-state index in [0.717, 1.165) is 17.8 Å². The Morgan fingerprint density at radius 3 is 3.00 bits per heavy atom. The third-order valence-electron chi connectivity index (χ3n) is 3.65. The summed E-state index contributed by atoms with van der Waals surface area (Å²) in [5.41, 5.74) is 0.912. The van der Waals surface area contributed by atoms with Crippen molar-refractivity contribution in [1.29, 1.82) is 0 Å². The molecule has 0 aliphatic rings. The van der Waals surface area contributed by atoms with E-state index in [-0.39, 0.29) is 0 Å². The zero-order chi connectivity index (χ0) is 15.0. The van der Waals surface area contributed by atoms with Crippen molar-refractivity contribution in [3.8, 4) is 0 Å². The smallest absolute Gasteiger partial charge is 0.255 e. The Morgan fingerprint density at radius 2 is 2.29 bits per heavy atom. The van der Waals surface area contributed by atoms with Gasteiger partial charge in [-0.1, -0.05) is 17.7 Å². The monoisotopic (exact) mass is 321 g/mol. The second-order valence-corrected chi connectivity index (χ2v) is 6.46. The number of hydrogen-bond donors (Lipinski definition) is 0. The van der Waals surface area contributed by atoms with Crippen molar-refractivity contribution in [3.63, 3.8) is 0 Å². The zero-order valence-corrected chi connectivity index (χ0v) is 13.7. The standard InChI is InChI=1S/C14H16ClN5S/c1-9(7-11-5-4-6-21-11)19(3)13-10(2)12(15)18-14-16-8-17-20(13)14/h4-6,8-9H,7H2,1-3H3. The molecule has 0 saturated heterocycles. The van der Waals surface area contributed by atoms with E-state index in [1.165, 1.54) is 11.2 Å². The minimum Gasteiger partial charge on any atom is -0.356 e. The molecule has 3 heterocycles. The van der Waals surface area contributed by atoms with Crippen LogP contribution in [0.1, 0.15) is 17.4 Å². The van der Waals surface area contributed by atoms with Crippen LogP contribution in [-0.4, -0.2) is 32.7 Å². The highest BCUT2D eigenvalue weighted by Gasteiger charge is 2.20. The summed E-state index contributed by atoms with van der Waals surface area (Å²) >= 11 is 8.00. The van der Waals surface area contributed by atoms with Gasteiger partial charge in [-0.05, 0) is 25.3 Å². The van der Waals surface area contributed by atoms with Crippen molar-refractivity contribution >= 4 is 34.5 Å². The van der Waals surface area contributed by atoms with Crippen LogP contribution in [0.4, 0.5) is 5.82 Å². The second-order valence-electron chi connectivity index (χ2n) is 5.07. The van der Waals surface area contributed by atoms with E-state index in [9.17, 15) is 0 Å². The molecule has 21 heavy (non-hydrogen) atoms. The minimum atomic E-state index is 0.313. The highest BCUT2D eigenvalue weighted by molar-refractivity contribution is 7.09. The maximum Gasteiger partial charge on any atom is 0.255 e. The average molecular weight is 322 g/mol. The molecule has 0 fully saturated rings. The summed E-state index contributed by atoms with van der Waals surface area (Å²) in [6.45, 7) is 4.15. The summed E-state index contributed by atoms with van der Waals surface area (Å²) in [5.74, 6) is 1.46. The highest BCUT2D eigenvalue weighted by Crippen LogP contribution is 2.27. The van der Waals surface area contributed by atoms with Gasteiger partial charge in [0.25, 0.3) is 5.78 Å². The lowest BCUT2D eigenvalue weighted by Gasteiger charge is -2.28. The number of thiophene rings is 1. The summed E-state index contributed by atoms with van der Waals surface area (Å²) in [4.78, 5) is 11.9. The number of anilines is 1. The minimum absolute atomic E-state index is 0.313. The van der Waals surface area contributed by atoms with Crippen LogP contribution in [0.5, 0.6) is 0 Å². The van der Waals surface area contributed by atoms with Crippen LogP contribution >= 0.6 is 22.9 Å². The number of aromatic nitrogens is 4. The molecule has 0 N–H and O–H groups in total. The third kappa shape index (κ3) is 2.61. The first-order chi connectivity index (χ1) is 10.1. The number of hydrogen-bond acceptors (Lipinski definition) is 5. The maximum absolute atomic E-state index is 6.22. The van der Waals surface area contributed by atoms with E-state index in [4.69, 9.17) is 11.6 Å². The molecule has 0 aromatic carbocycles. The van der Waals surface area contributed by atoms with Gasteiger partial charge in [0, 0.05) is 30.0 Å². The van der Waals surface area contributed by atoms with Gasteiger partial charge >= 0.3 is 0 Å². The van der Waals surface area contributed by atoms with Crippen molar-refractivity contribution < 1.29 is 0 Å². The number of nitrogens with zero attached hydrogens (tertiary/aromatic N) is 5. The fourth-order valence-corrected chi connectivity index (χ4v) is 3.35. The molecular formula is C14H16ClN5S. The predicted molar refractivity (Wildman–Crippen MR) is 86.4 cm³/mol. The molecule has 7 heteroatoms. The average Bonchev–Trinajstić information content (AvgIpc) is 3.10. The van der Waals surface area contributed by atoms with Gasteiger partial charge in [-0.15, -0.1) is 11.3 Å². The molecule has 3 aromatic heterocycles. The van der Waals surface area contributed by atoms with Crippen molar-refractivity contribution in [3.05, 3.63) is 39.4 Å². The van der Waals surface area contributed by atoms with Crippen LogP contribution in [0.2, 0.25) is 5.15 Å². The molecule has 5 nitrogen and oxygen atoms in total. The molecule has 0 amide bonds. The van der Waals surface area contributed by atoms with Gasteiger partial charge in [0.1, 0.15) is 17.3 Å². The first-order valence-corrected chi connectivity index (χ1v) is 7.94. The Kier molecular flexibility index (Phi) is 3.82. The highest BCUT2D eigenvalue weighted by atomic mass is 35.5. The fraction of sp³-hybridized carbons (Fsp3) is 0.357. The van der Waals surface area contributed by atoms with Gasteiger partial charge in [0.05, 0.1) is 0 Å². The third-order valence-corrected chi connectivity index (χ3v) is 4.91. The van der Waals surface area contributed by atoms with E-state index in [1.807, 2.05) is 6.92 Å². The summed E-state index contributed by atoms with van der Waals surface area (Å²) in [6.07, 6.45) is 2.48. The topological polar surface area (TPSA) is 46.3 Å². The zero-order valence-electron chi connectivity index (χ0n) is 12.1. The van der Waals surface area contributed by atoms with Gasteiger partial charge < -0.3 is 4.90 Å². The Bertz CT molecular complexity index is 752. The molecule has 0 radical (unpaired) electrons. The van der Waals surface area contributed by atoms with E-state index in [0.29, 0.717) is 17.0 Å². The molecule has 110 valence electrons. The van der Waals surface area contributed by atoms with Crippen LogP contribution in [-0.2, 0) is 6.42 Å². The van der Waals surface area contributed by atoms with Crippen molar-refractivity contribution in [2.24, 2.45) is 0 Å². The number of halogens is 1. The van der Waals surface area contributed by atoms with E-state index in [2.05, 4.69) is 51.5 Å². The van der Waals surface area contributed by atoms with Crippen LogP contribution < -0.4 is 4.90 Å². The van der Waals surface area contributed by atoms with Crippen LogP contribution in [0.3, 0.4) is 0 Å². The molecule has 0 spiro atoms. The largest absolute Gasteiger partial charge is 0.356 e. The molecule has 1 atom stereocenters. The molecule has 3 aromatic rings. The van der Waals surface area contributed by atoms with E-state index in [1.54, 1.807) is 15.9 Å². The van der Waals surface area contributed by atoms with Crippen molar-refractivity contribution in [1.82, 2.24) is 19.6 Å². The molecular weight excluding hydrogens is 306 g/mol. The summed E-state index contributed by atoms with van der Waals surface area (Å²) in [7, 11) is 2.05. The van der Waals surface area contributed by atoms with E-state index >= 15 is 0 Å². The fourth-order valence-electron chi connectivity index (χ4n) is 2.36. The first kappa shape index (κ1) is 14.3. The summed E-state index contributed by atoms with van der Waals surface area (Å²) in [6, 6.07) is 4.55.